The number of nitriles is 1. The normalized spacial score (nSPS) is 12.9. The van der Waals surface area contributed by atoms with Crippen LogP contribution in [0.3, 0.4) is 0 Å². The fourth-order valence-corrected chi connectivity index (χ4v) is 2.65. The molecule has 1 aromatic rings. The Balaban J connectivity index is 2.54. The second-order valence-corrected chi connectivity index (χ2v) is 5.64. The first kappa shape index (κ1) is 13.7. The fourth-order valence-electron chi connectivity index (χ4n) is 1.37. The SMILES string of the molecule is CCC(C#N)NS(=O)(=O)CCc1ccccc1. The molecular formula is C12H16N2O2S. The highest BCUT2D eigenvalue weighted by molar-refractivity contribution is 7.89. The highest BCUT2D eigenvalue weighted by Gasteiger charge is 2.15. The number of nitrogens with one attached hydrogen (secondary N) is 1. The molecular weight excluding hydrogens is 236 g/mol. The molecule has 1 atom stereocenters. The molecule has 92 valence electrons. The molecule has 1 aromatic carbocycles. The predicted molar refractivity (Wildman–Crippen MR) is 66.8 cm³/mol. The first-order valence-electron chi connectivity index (χ1n) is 5.51. The van der Waals surface area contributed by atoms with Crippen molar-refractivity contribution in [1.29, 1.82) is 5.26 Å². The maximum Gasteiger partial charge on any atom is 0.213 e. The lowest BCUT2D eigenvalue weighted by Gasteiger charge is -2.09. The minimum Gasteiger partial charge on any atom is -0.212 e. The van der Waals surface area contributed by atoms with Crippen LogP contribution in [0, 0.1) is 11.3 Å². The summed E-state index contributed by atoms with van der Waals surface area (Å²) in [7, 11) is -3.38. The number of rotatable bonds is 6. The topological polar surface area (TPSA) is 70.0 Å². The number of aryl methyl sites for hydroxylation is 1. The van der Waals surface area contributed by atoms with Crippen LogP contribution in [0.4, 0.5) is 0 Å². The molecule has 1 N–H and O–H groups in total. The van der Waals surface area contributed by atoms with E-state index in [-0.39, 0.29) is 5.75 Å². The van der Waals surface area contributed by atoms with Gasteiger partial charge in [-0.2, -0.15) is 9.98 Å². The summed E-state index contributed by atoms with van der Waals surface area (Å²) in [6, 6.07) is 10.7. The third-order valence-corrected chi connectivity index (χ3v) is 3.77. The van der Waals surface area contributed by atoms with E-state index in [1.807, 2.05) is 36.4 Å². The summed E-state index contributed by atoms with van der Waals surface area (Å²) in [5, 5.41) is 8.70. The minimum atomic E-state index is -3.38. The highest BCUT2D eigenvalue weighted by Crippen LogP contribution is 2.02. The van der Waals surface area contributed by atoms with E-state index in [4.69, 9.17) is 5.26 Å². The van der Waals surface area contributed by atoms with Crippen LogP contribution in [0.5, 0.6) is 0 Å². The van der Waals surface area contributed by atoms with Crippen LogP contribution in [0.25, 0.3) is 0 Å². The molecule has 0 amide bonds. The van der Waals surface area contributed by atoms with E-state index in [0.29, 0.717) is 12.8 Å². The second kappa shape index (κ2) is 6.38. The van der Waals surface area contributed by atoms with Gasteiger partial charge in [0.1, 0.15) is 6.04 Å². The lowest BCUT2D eigenvalue weighted by molar-refractivity contribution is 0.569. The van der Waals surface area contributed by atoms with Crippen LogP contribution in [-0.4, -0.2) is 20.2 Å². The number of hydrogen-bond donors (Lipinski definition) is 1. The third kappa shape index (κ3) is 4.98. The predicted octanol–water partition coefficient (Wildman–Crippen LogP) is 1.45. The van der Waals surface area contributed by atoms with E-state index in [1.54, 1.807) is 6.92 Å². The van der Waals surface area contributed by atoms with Crippen molar-refractivity contribution in [3.63, 3.8) is 0 Å². The van der Waals surface area contributed by atoms with Crippen LogP contribution in [-0.2, 0) is 16.4 Å². The summed E-state index contributed by atoms with van der Waals surface area (Å²) in [5.41, 5.74) is 0.975. The molecule has 0 aromatic heterocycles. The summed E-state index contributed by atoms with van der Waals surface area (Å²) in [6.07, 6.45) is 0.930. The molecule has 0 saturated heterocycles. The Morgan fingerprint density at radius 3 is 2.53 bits per heavy atom. The van der Waals surface area contributed by atoms with Crippen molar-refractivity contribution >= 4 is 10.0 Å². The summed E-state index contributed by atoms with van der Waals surface area (Å²) >= 11 is 0. The molecule has 0 aliphatic carbocycles. The van der Waals surface area contributed by atoms with Gasteiger partial charge >= 0.3 is 0 Å². The Morgan fingerprint density at radius 1 is 1.35 bits per heavy atom. The zero-order chi connectivity index (χ0) is 12.7. The maximum atomic E-state index is 11.7. The lowest BCUT2D eigenvalue weighted by atomic mass is 10.2. The zero-order valence-corrected chi connectivity index (χ0v) is 10.6. The second-order valence-electron chi connectivity index (χ2n) is 3.76. The quantitative estimate of drug-likeness (QED) is 0.833. The van der Waals surface area contributed by atoms with Gasteiger partial charge in [0, 0.05) is 0 Å². The maximum absolute atomic E-state index is 11.7. The van der Waals surface area contributed by atoms with Gasteiger partial charge in [-0.1, -0.05) is 37.3 Å². The van der Waals surface area contributed by atoms with Gasteiger partial charge in [-0.05, 0) is 18.4 Å². The van der Waals surface area contributed by atoms with Crippen molar-refractivity contribution in [1.82, 2.24) is 4.72 Å². The van der Waals surface area contributed by atoms with Gasteiger partial charge in [0.25, 0.3) is 0 Å². The van der Waals surface area contributed by atoms with Gasteiger partial charge in [-0.3, -0.25) is 0 Å². The van der Waals surface area contributed by atoms with Crippen molar-refractivity contribution in [2.45, 2.75) is 25.8 Å². The standard InChI is InChI=1S/C12H16N2O2S/c1-2-12(10-13)14-17(15,16)9-8-11-6-4-3-5-7-11/h3-7,12,14H,2,8-9H2,1H3. The molecule has 0 fully saturated rings. The van der Waals surface area contributed by atoms with E-state index in [0.717, 1.165) is 5.56 Å². The van der Waals surface area contributed by atoms with Crippen LogP contribution < -0.4 is 4.72 Å². The van der Waals surface area contributed by atoms with Crippen molar-refractivity contribution in [2.75, 3.05) is 5.75 Å². The molecule has 0 heterocycles. The Morgan fingerprint density at radius 2 is 2.00 bits per heavy atom. The van der Waals surface area contributed by atoms with Crippen molar-refractivity contribution in [3.05, 3.63) is 35.9 Å². The van der Waals surface area contributed by atoms with Gasteiger partial charge in [0.05, 0.1) is 11.8 Å². The smallest absolute Gasteiger partial charge is 0.212 e. The first-order chi connectivity index (χ1) is 8.07. The largest absolute Gasteiger partial charge is 0.213 e. The number of benzene rings is 1. The number of hydrogen-bond acceptors (Lipinski definition) is 3. The number of sulfonamides is 1. The molecule has 17 heavy (non-hydrogen) atoms. The summed E-state index contributed by atoms with van der Waals surface area (Å²) < 4.78 is 25.7. The highest BCUT2D eigenvalue weighted by atomic mass is 32.2. The van der Waals surface area contributed by atoms with E-state index in [1.165, 1.54) is 0 Å². The molecule has 1 unspecified atom stereocenters. The van der Waals surface area contributed by atoms with Gasteiger partial charge < -0.3 is 0 Å². The summed E-state index contributed by atoms with van der Waals surface area (Å²) in [4.78, 5) is 0. The lowest BCUT2D eigenvalue weighted by Crippen LogP contribution is -2.35. The Bertz CT molecular complexity index is 477. The monoisotopic (exact) mass is 252 g/mol. The summed E-state index contributed by atoms with van der Waals surface area (Å²) in [5.74, 6) is 0.00912. The van der Waals surface area contributed by atoms with Crippen LogP contribution in [0.15, 0.2) is 30.3 Å². The summed E-state index contributed by atoms with van der Waals surface area (Å²) in [6.45, 7) is 1.77. The Labute approximate surface area is 102 Å². The van der Waals surface area contributed by atoms with Gasteiger partial charge in [-0.15, -0.1) is 0 Å². The number of nitrogens with zero attached hydrogens (tertiary/aromatic N) is 1. The zero-order valence-electron chi connectivity index (χ0n) is 9.76. The molecule has 0 spiro atoms. The molecule has 0 saturated carbocycles. The van der Waals surface area contributed by atoms with E-state index < -0.39 is 16.1 Å². The van der Waals surface area contributed by atoms with E-state index in [9.17, 15) is 8.42 Å². The average molecular weight is 252 g/mol. The Kier molecular flexibility index (Phi) is 5.13. The van der Waals surface area contributed by atoms with Crippen LogP contribution in [0.2, 0.25) is 0 Å². The van der Waals surface area contributed by atoms with Crippen molar-refractivity contribution in [3.8, 4) is 6.07 Å². The molecule has 1 rings (SSSR count). The van der Waals surface area contributed by atoms with Gasteiger partial charge in [-0.25, -0.2) is 8.42 Å². The molecule has 4 nitrogen and oxygen atoms in total. The first-order valence-corrected chi connectivity index (χ1v) is 7.16. The van der Waals surface area contributed by atoms with E-state index in [2.05, 4.69) is 4.72 Å². The molecule has 0 bridgehead atoms. The van der Waals surface area contributed by atoms with Crippen molar-refractivity contribution in [2.24, 2.45) is 0 Å². The van der Waals surface area contributed by atoms with Gasteiger partial charge in [0.15, 0.2) is 0 Å². The van der Waals surface area contributed by atoms with Crippen molar-refractivity contribution < 1.29 is 8.42 Å². The Hall–Kier alpha value is -1.38. The van der Waals surface area contributed by atoms with Gasteiger partial charge in [0.2, 0.25) is 10.0 Å². The minimum absolute atomic E-state index is 0.00912. The van der Waals surface area contributed by atoms with Crippen LogP contribution in [0.1, 0.15) is 18.9 Å². The fraction of sp³-hybridized carbons (Fsp3) is 0.417. The molecule has 0 radical (unpaired) electrons. The third-order valence-electron chi connectivity index (χ3n) is 2.39. The van der Waals surface area contributed by atoms with Crippen LogP contribution >= 0.6 is 0 Å². The van der Waals surface area contributed by atoms with E-state index >= 15 is 0 Å². The molecule has 0 aliphatic heterocycles. The molecule has 0 aliphatic rings. The molecule has 5 heteroatoms. The average Bonchev–Trinajstić information content (AvgIpc) is 2.35.